The van der Waals surface area contributed by atoms with E-state index < -0.39 is 17.7 Å². The monoisotopic (exact) mass is 238 g/mol. The van der Waals surface area contributed by atoms with Crippen molar-refractivity contribution in [1.29, 1.82) is 0 Å². The van der Waals surface area contributed by atoms with Crippen molar-refractivity contribution in [2.45, 2.75) is 6.42 Å². The minimum absolute atomic E-state index is 0.0495. The van der Waals surface area contributed by atoms with Gasteiger partial charge in [-0.05, 0) is 18.2 Å². The number of halogens is 1. The highest BCUT2D eigenvalue weighted by Crippen LogP contribution is 2.30. The summed E-state index contributed by atoms with van der Waals surface area (Å²) in [4.78, 5) is 23.7. The Morgan fingerprint density at radius 3 is 2.76 bits per heavy atom. The molecule has 1 aliphatic rings. The van der Waals surface area contributed by atoms with Crippen LogP contribution in [0.25, 0.3) is 0 Å². The first-order valence-corrected chi connectivity index (χ1v) is 5.07. The maximum Gasteiger partial charge on any atom is 0.308 e. The van der Waals surface area contributed by atoms with Crippen molar-refractivity contribution in [1.82, 2.24) is 0 Å². The average molecular weight is 238 g/mol. The lowest BCUT2D eigenvalue weighted by atomic mass is 10.1. The third-order valence-corrected chi connectivity index (χ3v) is 2.75. The molecule has 1 aliphatic heterocycles. The molecule has 0 spiro atoms. The van der Waals surface area contributed by atoms with E-state index in [0.29, 0.717) is 5.69 Å². The lowest BCUT2D eigenvalue weighted by molar-refractivity contribution is -0.141. The van der Waals surface area contributed by atoms with Crippen LogP contribution in [0.2, 0.25) is 0 Å². The summed E-state index contributed by atoms with van der Waals surface area (Å²) in [5.41, 5.74) is 6.09. The lowest BCUT2D eigenvalue weighted by Gasteiger charge is -2.18. The maximum absolute atomic E-state index is 12.9. The van der Waals surface area contributed by atoms with Gasteiger partial charge in [-0.15, -0.1) is 0 Å². The van der Waals surface area contributed by atoms with E-state index in [9.17, 15) is 14.0 Å². The van der Waals surface area contributed by atoms with Gasteiger partial charge in [0.2, 0.25) is 5.91 Å². The summed E-state index contributed by atoms with van der Waals surface area (Å²) in [6.07, 6.45) is -0.0495. The number of nitrogen functional groups attached to an aromatic ring is 1. The second-order valence-electron chi connectivity index (χ2n) is 3.95. The molecule has 3 N–H and O–H groups in total. The summed E-state index contributed by atoms with van der Waals surface area (Å²) in [5, 5.41) is 8.84. The molecule has 1 aromatic rings. The highest BCUT2D eigenvalue weighted by molar-refractivity contribution is 6.01. The molecule has 6 heteroatoms. The smallest absolute Gasteiger partial charge is 0.308 e. The molecule has 1 amide bonds. The highest BCUT2D eigenvalue weighted by atomic mass is 19.1. The second kappa shape index (κ2) is 4.04. The number of benzene rings is 1. The Kier molecular flexibility index (Phi) is 2.71. The van der Waals surface area contributed by atoms with Gasteiger partial charge in [0.1, 0.15) is 5.82 Å². The van der Waals surface area contributed by atoms with Crippen LogP contribution >= 0.6 is 0 Å². The molecule has 2 rings (SSSR count). The number of hydrogen-bond donors (Lipinski definition) is 2. The number of hydrogen-bond acceptors (Lipinski definition) is 3. The predicted molar refractivity (Wildman–Crippen MR) is 58.9 cm³/mol. The molecular weight excluding hydrogens is 227 g/mol. The van der Waals surface area contributed by atoms with Crippen molar-refractivity contribution in [2.24, 2.45) is 5.92 Å². The molecule has 1 atom stereocenters. The number of amides is 1. The Morgan fingerprint density at radius 1 is 1.53 bits per heavy atom. The normalized spacial score (nSPS) is 19.7. The molecule has 5 nitrogen and oxygen atoms in total. The quantitative estimate of drug-likeness (QED) is 0.748. The van der Waals surface area contributed by atoms with Crippen molar-refractivity contribution in [3.63, 3.8) is 0 Å². The van der Waals surface area contributed by atoms with Crippen LogP contribution in [0.1, 0.15) is 6.42 Å². The van der Waals surface area contributed by atoms with E-state index in [1.165, 1.54) is 17.0 Å². The highest BCUT2D eigenvalue weighted by Gasteiger charge is 2.35. The van der Waals surface area contributed by atoms with Gasteiger partial charge < -0.3 is 15.7 Å². The van der Waals surface area contributed by atoms with Gasteiger partial charge in [0.25, 0.3) is 0 Å². The number of aliphatic carboxylic acids is 1. The number of carbonyl (C=O) groups excluding carboxylic acids is 1. The number of carboxylic acids is 1. The zero-order valence-electron chi connectivity index (χ0n) is 8.89. The zero-order valence-corrected chi connectivity index (χ0v) is 8.89. The Morgan fingerprint density at radius 2 is 2.24 bits per heavy atom. The number of nitrogens with zero attached hydrogens (tertiary/aromatic N) is 1. The Bertz CT molecular complexity index is 490. The fraction of sp³-hybridized carbons (Fsp3) is 0.273. The van der Waals surface area contributed by atoms with Gasteiger partial charge in [-0.25, -0.2) is 4.39 Å². The number of carbonyl (C=O) groups is 2. The minimum atomic E-state index is -1.01. The predicted octanol–water partition coefficient (Wildman–Crippen LogP) is 0.845. The van der Waals surface area contributed by atoms with Gasteiger partial charge in [-0.2, -0.15) is 0 Å². The summed E-state index contributed by atoms with van der Waals surface area (Å²) in [7, 11) is 0. The second-order valence-corrected chi connectivity index (χ2v) is 3.95. The van der Waals surface area contributed by atoms with Crippen molar-refractivity contribution in [3.8, 4) is 0 Å². The third kappa shape index (κ3) is 2.06. The first-order chi connectivity index (χ1) is 7.99. The minimum Gasteiger partial charge on any atom is -0.481 e. The maximum atomic E-state index is 12.9. The SMILES string of the molecule is Nc1cc(F)ccc1N1CC(C(=O)O)CC1=O. The van der Waals surface area contributed by atoms with Gasteiger partial charge in [0.15, 0.2) is 0 Å². The lowest BCUT2D eigenvalue weighted by Crippen LogP contribution is -2.26. The number of rotatable bonds is 2. The fourth-order valence-electron chi connectivity index (χ4n) is 1.88. The van der Waals surface area contributed by atoms with E-state index in [2.05, 4.69) is 0 Å². The molecule has 0 radical (unpaired) electrons. The van der Waals surface area contributed by atoms with Crippen molar-refractivity contribution in [2.75, 3.05) is 17.2 Å². The van der Waals surface area contributed by atoms with E-state index in [0.717, 1.165) is 6.07 Å². The number of carboxylic acid groups (broad SMARTS) is 1. The number of nitrogens with two attached hydrogens (primary N) is 1. The topological polar surface area (TPSA) is 83.6 Å². The molecule has 1 saturated heterocycles. The van der Waals surface area contributed by atoms with E-state index in [1.807, 2.05) is 0 Å². The molecule has 0 bridgehead atoms. The summed E-state index contributed by atoms with van der Waals surface area (Å²) >= 11 is 0. The van der Waals surface area contributed by atoms with Gasteiger partial charge in [0, 0.05) is 13.0 Å². The molecule has 0 aromatic heterocycles. The molecule has 17 heavy (non-hydrogen) atoms. The molecule has 1 unspecified atom stereocenters. The molecule has 90 valence electrons. The molecular formula is C11H11FN2O3. The Labute approximate surface area is 96.6 Å². The fourth-order valence-corrected chi connectivity index (χ4v) is 1.88. The average Bonchev–Trinajstić information content (AvgIpc) is 2.61. The number of anilines is 2. The van der Waals surface area contributed by atoms with Crippen molar-refractivity contribution in [3.05, 3.63) is 24.0 Å². The standard InChI is InChI=1S/C11H11FN2O3/c12-7-1-2-9(8(13)4-7)14-5-6(11(16)17)3-10(14)15/h1-2,4,6H,3,5,13H2,(H,16,17). The summed E-state index contributed by atoms with van der Waals surface area (Å²) < 4.78 is 12.9. The van der Waals surface area contributed by atoms with Crippen LogP contribution in [0.4, 0.5) is 15.8 Å². The van der Waals surface area contributed by atoms with Crippen LogP contribution in [-0.2, 0) is 9.59 Å². The molecule has 1 heterocycles. The third-order valence-electron chi connectivity index (χ3n) is 2.75. The van der Waals surface area contributed by atoms with Crippen LogP contribution in [-0.4, -0.2) is 23.5 Å². The van der Waals surface area contributed by atoms with Crippen LogP contribution in [0.15, 0.2) is 18.2 Å². The largest absolute Gasteiger partial charge is 0.481 e. The van der Waals surface area contributed by atoms with E-state index >= 15 is 0 Å². The molecule has 1 aromatic carbocycles. The first-order valence-electron chi connectivity index (χ1n) is 5.07. The zero-order chi connectivity index (χ0) is 12.6. The summed E-state index contributed by atoms with van der Waals surface area (Å²) in [6, 6.07) is 3.68. The molecule has 0 aliphatic carbocycles. The molecule has 0 saturated carbocycles. The van der Waals surface area contributed by atoms with Gasteiger partial charge in [-0.1, -0.05) is 0 Å². The molecule has 1 fully saturated rings. The van der Waals surface area contributed by atoms with Gasteiger partial charge >= 0.3 is 5.97 Å². The van der Waals surface area contributed by atoms with E-state index in [1.54, 1.807) is 0 Å². The van der Waals surface area contributed by atoms with Gasteiger partial charge in [-0.3, -0.25) is 9.59 Å². The Balaban J connectivity index is 2.29. The van der Waals surface area contributed by atoms with E-state index in [4.69, 9.17) is 10.8 Å². The van der Waals surface area contributed by atoms with Crippen molar-refractivity contribution < 1.29 is 19.1 Å². The van der Waals surface area contributed by atoms with Crippen LogP contribution in [0.5, 0.6) is 0 Å². The van der Waals surface area contributed by atoms with Crippen LogP contribution in [0, 0.1) is 11.7 Å². The van der Waals surface area contributed by atoms with E-state index in [-0.39, 0.29) is 24.6 Å². The van der Waals surface area contributed by atoms with Crippen LogP contribution < -0.4 is 10.6 Å². The summed E-state index contributed by atoms with van der Waals surface area (Å²) in [6.45, 7) is 0.0734. The van der Waals surface area contributed by atoms with Crippen molar-refractivity contribution >= 4 is 23.3 Å². The van der Waals surface area contributed by atoms with Gasteiger partial charge in [0.05, 0.1) is 17.3 Å². The summed E-state index contributed by atoms with van der Waals surface area (Å²) in [5.74, 6) is -2.54. The van der Waals surface area contributed by atoms with Crippen LogP contribution in [0.3, 0.4) is 0 Å². The Hall–Kier alpha value is -2.11. The first kappa shape index (κ1) is 11.4.